The molecule has 1 atom stereocenters. The number of carbonyl (C=O) groups is 1. The Morgan fingerprint density at radius 3 is 3.10 bits per heavy atom. The largest absolute Gasteiger partial charge is 0.488 e. The van der Waals surface area contributed by atoms with Crippen molar-refractivity contribution in [3.05, 3.63) is 34.4 Å². The Morgan fingerprint density at radius 1 is 1.55 bits per heavy atom. The minimum atomic E-state index is -0.504. The Morgan fingerprint density at radius 2 is 2.35 bits per heavy atom. The first-order valence-corrected chi connectivity index (χ1v) is 7.07. The molecule has 1 aliphatic heterocycles. The molecule has 0 aromatic heterocycles. The number of aliphatic hydroxyl groups excluding tert-OH is 1. The molecule has 1 heterocycles. The topological polar surface area (TPSA) is 58.6 Å². The molecule has 0 aliphatic carbocycles. The minimum Gasteiger partial charge on any atom is -0.488 e. The summed E-state index contributed by atoms with van der Waals surface area (Å²) in [6.45, 7) is 2.47. The monoisotopic (exact) mass is 295 g/mol. The van der Waals surface area contributed by atoms with Gasteiger partial charge < -0.3 is 15.2 Å². The standard InChI is InChI=1S/C15H18ClNO3/c1-2-3-13(18)8-17-15(19)11-6-10-7-12(16)4-5-14(10)20-9-11/h4-7,13,18H,2-3,8-9H2,1H3,(H,17,19). The summed E-state index contributed by atoms with van der Waals surface area (Å²) in [6, 6.07) is 5.30. The van der Waals surface area contributed by atoms with Gasteiger partial charge in [-0.2, -0.15) is 0 Å². The lowest BCUT2D eigenvalue weighted by Crippen LogP contribution is -2.34. The molecule has 0 radical (unpaired) electrons. The van der Waals surface area contributed by atoms with Gasteiger partial charge in [0.25, 0.3) is 5.91 Å². The first-order valence-electron chi connectivity index (χ1n) is 6.69. The SMILES string of the molecule is CCCC(O)CNC(=O)C1=Cc2cc(Cl)ccc2OC1. The number of hydrogen-bond acceptors (Lipinski definition) is 3. The molecule has 4 nitrogen and oxygen atoms in total. The van der Waals surface area contributed by atoms with Crippen LogP contribution in [0.4, 0.5) is 0 Å². The van der Waals surface area contributed by atoms with Crippen molar-refractivity contribution < 1.29 is 14.6 Å². The van der Waals surface area contributed by atoms with E-state index in [1.54, 1.807) is 24.3 Å². The molecule has 1 aromatic carbocycles. The summed E-state index contributed by atoms with van der Waals surface area (Å²) in [5, 5.41) is 12.9. The van der Waals surface area contributed by atoms with Gasteiger partial charge in [-0.1, -0.05) is 24.9 Å². The van der Waals surface area contributed by atoms with Crippen molar-refractivity contribution in [1.29, 1.82) is 0 Å². The zero-order chi connectivity index (χ0) is 14.5. The predicted molar refractivity (Wildman–Crippen MR) is 78.8 cm³/mol. The lowest BCUT2D eigenvalue weighted by atomic mass is 10.1. The molecule has 0 saturated heterocycles. The highest BCUT2D eigenvalue weighted by atomic mass is 35.5. The number of aliphatic hydroxyl groups is 1. The molecular formula is C15H18ClNO3. The molecule has 5 heteroatoms. The Balaban J connectivity index is 2.01. The van der Waals surface area contributed by atoms with Crippen molar-refractivity contribution in [3.63, 3.8) is 0 Å². The van der Waals surface area contributed by atoms with Gasteiger partial charge in [-0.25, -0.2) is 0 Å². The maximum atomic E-state index is 12.0. The highest BCUT2D eigenvalue weighted by molar-refractivity contribution is 6.30. The second-order valence-corrected chi connectivity index (χ2v) is 5.23. The molecule has 0 bridgehead atoms. The lowest BCUT2D eigenvalue weighted by Gasteiger charge is -2.18. The van der Waals surface area contributed by atoms with E-state index in [0.29, 0.717) is 17.0 Å². The van der Waals surface area contributed by atoms with Crippen molar-refractivity contribution in [2.75, 3.05) is 13.2 Å². The van der Waals surface area contributed by atoms with Crippen molar-refractivity contribution >= 4 is 23.6 Å². The Kier molecular flexibility index (Phi) is 5.04. The van der Waals surface area contributed by atoms with E-state index in [0.717, 1.165) is 17.7 Å². The summed E-state index contributed by atoms with van der Waals surface area (Å²) < 4.78 is 5.52. The summed E-state index contributed by atoms with van der Waals surface area (Å²) in [5.41, 5.74) is 1.33. The number of rotatable bonds is 5. The third-order valence-corrected chi connectivity index (χ3v) is 3.33. The molecule has 20 heavy (non-hydrogen) atoms. The average molecular weight is 296 g/mol. The number of nitrogens with one attached hydrogen (secondary N) is 1. The Hall–Kier alpha value is -1.52. The van der Waals surface area contributed by atoms with E-state index >= 15 is 0 Å². The third-order valence-electron chi connectivity index (χ3n) is 3.10. The van der Waals surface area contributed by atoms with Crippen LogP contribution in [0.3, 0.4) is 0 Å². The number of carbonyl (C=O) groups excluding carboxylic acids is 1. The smallest absolute Gasteiger partial charge is 0.250 e. The van der Waals surface area contributed by atoms with Crippen molar-refractivity contribution in [1.82, 2.24) is 5.32 Å². The molecule has 1 unspecified atom stereocenters. The van der Waals surface area contributed by atoms with Crippen molar-refractivity contribution in [2.24, 2.45) is 0 Å². The normalized spacial score (nSPS) is 14.8. The molecule has 2 N–H and O–H groups in total. The molecule has 2 rings (SSSR count). The van der Waals surface area contributed by atoms with Crippen molar-refractivity contribution in [3.8, 4) is 5.75 Å². The molecular weight excluding hydrogens is 278 g/mol. The van der Waals surface area contributed by atoms with Gasteiger partial charge in [0.1, 0.15) is 12.4 Å². The van der Waals surface area contributed by atoms with Crippen LogP contribution in [-0.2, 0) is 4.79 Å². The van der Waals surface area contributed by atoms with E-state index in [1.807, 2.05) is 6.92 Å². The van der Waals surface area contributed by atoms with Gasteiger partial charge in [0.05, 0.1) is 11.7 Å². The third kappa shape index (κ3) is 3.74. The van der Waals surface area contributed by atoms with Gasteiger partial charge in [-0.15, -0.1) is 0 Å². The molecule has 0 fully saturated rings. The fourth-order valence-electron chi connectivity index (χ4n) is 2.04. The van der Waals surface area contributed by atoms with E-state index in [2.05, 4.69) is 5.32 Å². The zero-order valence-corrected chi connectivity index (χ0v) is 12.1. The Bertz CT molecular complexity index is 528. The van der Waals surface area contributed by atoms with Gasteiger partial charge in [0.2, 0.25) is 0 Å². The van der Waals surface area contributed by atoms with Gasteiger partial charge in [0.15, 0.2) is 0 Å². The number of hydrogen-bond donors (Lipinski definition) is 2. The van der Waals surface area contributed by atoms with Crippen LogP contribution < -0.4 is 10.1 Å². The fourth-order valence-corrected chi connectivity index (χ4v) is 2.22. The zero-order valence-electron chi connectivity index (χ0n) is 11.4. The maximum absolute atomic E-state index is 12.0. The number of benzene rings is 1. The van der Waals surface area contributed by atoms with Crippen LogP contribution in [0.5, 0.6) is 5.75 Å². The van der Waals surface area contributed by atoms with Crippen LogP contribution in [0.25, 0.3) is 6.08 Å². The van der Waals surface area contributed by atoms with Crippen LogP contribution in [0.15, 0.2) is 23.8 Å². The fraction of sp³-hybridized carbons (Fsp3) is 0.400. The van der Waals surface area contributed by atoms with Crippen molar-refractivity contribution in [2.45, 2.75) is 25.9 Å². The molecule has 1 aromatic rings. The quantitative estimate of drug-likeness (QED) is 0.877. The van der Waals surface area contributed by atoms with Gasteiger partial charge >= 0.3 is 0 Å². The average Bonchev–Trinajstić information content (AvgIpc) is 2.44. The summed E-state index contributed by atoms with van der Waals surface area (Å²) in [6.07, 6.45) is 2.82. The molecule has 1 aliphatic rings. The highest BCUT2D eigenvalue weighted by Crippen LogP contribution is 2.28. The van der Waals surface area contributed by atoms with Crippen LogP contribution in [-0.4, -0.2) is 30.3 Å². The first kappa shape index (κ1) is 14.9. The second-order valence-electron chi connectivity index (χ2n) is 4.79. The number of ether oxygens (including phenoxy) is 1. The molecule has 0 spiro atoms. The lowest BCUT2D eigenvalue weighted by molar-refractivity contribution is -0.118. The Labute approximate surface area is 123 Å². The number of amides is 1. The van der Waals surface area contributed by atoms with E-state index in [1.165, 1.54) is 0 Å². The summed E-state index contributed by atoms with van der Waals surface area (Å²) in [5.74, 6) is 0.503. The summed E-state index contributed by atoms with van der Waals surface area (Å²) in [4.78, 5) is 12.0. The molecule has 1 amide bonds. The van der Waals surface area contributed by atoms with Crippen LogP contribution in [0.1, 0.15) is 25.3 Å². The molecule has 108 valence electrons. The van der Waals surface area contributed by atoms with E-state index in [4.69, 9.17) is 16.3 Å². The number of halogens is 1. The highest BCUT2D eigenvalue weighted by Gasteiger charge is 2.17. The van der Waals surface area contributed by atoms with Crippen LogP contribution >= 0.6 is 11.6 Å². The minimum absolute atomic E-state index is 0.217. The second kappa shape index (κ2) is 6.77. The van der Waals surface area contributed by atoms with E-state index in [-0.39, 0.29) is 19.1 Å². The van der Waals surface area contributed by atoms with E-state index < -0.39 is 6.10 Å². The molecule has 0 saturated carbocycles. The predicted octanol–water partition coefficient (Wildman–Crippen LogP) is 2.39. The van der Waals surface area contributed by atoms with Crippen LogP contribution in [0.2, 0.25) is 5.02 Å². The summed E-state index contributed by atoms with van der Waals surface area (Å²) >= 11 is 5.92. The van der Waals surface area contributed by atoms with Gasteiger partial charge in [-0.05, 0) is 30.7 Å². The van der Waals surface area contributed by atoms with Gasteiger partial charge in [0, 0.05) is 17.1 Å². The first-order chi connectivity index (χ1) is 9.60. The number of fused-ring (bicyclic) bond motifs is 1. The summed E-state index contributed by atoms with van der Waals surface area (Å²) in [7, 11) is 0. The van der Waals surface area contributed by atoms with E-state index in [9.17, 15) is 9.90 Å². The van der Waals surface area contributed by atoms with Crippen LogP contribution in [0, 0.1) is 0 Å². The maximum Gasteiger partial charge on any atom is 0.250 e. The van der Waals surface area contributed by atoms with Gasteiger partial charge in [-0.3, -0.25) is 4.79 Å².